The molecule has 1 fully saturated rings. The molecule has 0 bridgehead atoms. The van der Waals surface area contributed by atoms with E-state index in [0.717, 1.165) is 12.8 Å². The summed E-state index contributed by atoms with van der Waals surface area (Å²) in [6, 6.07) is 0.155. The molecule has 1 saturated heterocycles. The van der Waals surface area contributed by atoms with Crippen molar-refractivity contribution < 1.29 is 19.4 Å². The predicted molar refractivity (Wildman–Crippen MR) is 67.2 cm³/mol. The van der Waals surface area contributed by atoms with Crippen LogP contribution in [0.4, 0.5) is 0 Å². The van der Waals surface area contributed by atoms with Crippen molar-refractivity contribution in [3.05, 3.63) is 0 Å². The molecular formula is C13H23NO4. The van der Waals surface area contributed by atoms with Crippen LogP contribution in [0.3, 0.4) is 0 Å². The maximum absolute atomic E-state index is 11.9. The molecular weight excluding hydrogens is 234 g/mol. The molecule has 2 atom stereocenters. The standard InChI is InChI=1S/C13H23NO4/c1-9-6-10(4-5-18-9)14-11(15)7-13(2,3)8-12(16)17/h9-10H,4-8H2,1-3H3,(H,14,15)(H,16,17). The van der Waals surface area contributed by atoms with Crippen molar-refractivity contribution in [1.29, 1.82) is 0 Å². The summed E-state index contributed by atoms with van der Waals surface area (Å²) in [7, 11) is 0. The Kier molecular flexibility index (Phi) is 5.14. The predicted octanol–water partition coefficient (Wildman–Crippen LogP) is 1.56. The van der Waals surface area contributed by atoms with E-state index in [9.17, 15) is 9.59 Å². The Morgan fingerprint density at radius 1 is 1.39 bits per heavy atom. The van der Waals surface area contributed by atoms with E-state index in [1.165, 1.54) is 0 Å². The second kappa shape index (κ2) is 6.18. The van der Waals surface area contributed by atoms with Gasteiger partial charge in [0.15, 0.2) is 0 Å². The van der Waals surface area contributed by atoms with Crippen LogP contribution in [0.5, 0.6) is 0 Å². The van der Waals surface area contributed by atoms with Gasteiger partial charge in [0.2, 0.25) is 5.91 Å². The first-order chi connectivity index (χ1) is 8.28. The van der Waals surface area contributed by atoms with Crippen molar-refractivity contribution in [1.82, 2.24) is 5.32 Å². The van der Waals surface area contributed by atoms with Crippen molar-refractivity contribution in [2.75, 3.05) is 6.61 Å². The first kappa shape index (κ1) is 15.0. The molecule has 1 aliphatic heterocycles. The molecule has 1 amide bonds. The number of hydrogen-bond acceptors (Lipinski definition) is 3. The molecule has 0 radical (unpaired) electrons. The number of nitrogens with one attached hydrogen (secondary N) is 1. The molecule has 1 heterocycles. The average molecular weight is 257 g/mol. The van der Waals surface area contributed by atoms with Gasteiger partial charge >= 0.3 is 5.97 Å². The Labute approximate surface area is 108 Å². The van der Waals surface area contributed by atoms with E-state index < -0.39 is 11.4 Å². The highest BCUT2D eigenvalue weighted by atomic mass is 16.5. The minimum Gasteiger partial charge on any atom is -0.481 e. The van der Waals surface area contributed by atoms with Crippen molar-refractivity contribution in [2.24, 2.45) is 5.41 Å². The Hall–Kier alpha value is -1.10. The normalized spacial score (nSPS) is 24.6. The molecule has 1 aliphatic rings. The topological polar surface area (TPSA) is 75.6 Å². The summed E-state index contributed by atoms with van der Waals surface area (Å²) < 4.78 is 5.41. The zero-order valence-electron chi connectivity index (χ0n) is 11.4. The number of amides is 1. The largest absolute Gasteiger partial charge is 0.481 e. The molecule has 0 aromatic carbocycles. The molecule has 2 N–H and O–H groups in total. The Balaban J connectivity index is 2.38. The van der Waals surface area contributed by atoms with Crippen LogP contribution in [-0.4, -0.2) is 35.7 Å². The Morgan fingerprint density at radius 2 is 2.06 bits per heavy atom. The SMILES string of the molecule is CC1CC(NC(=O)CC(C)(C)CC(=O)O)CCO1. The monoisotopic (exact) mass is 257 g/mol. The summed E-state index contributed by atoms with van der Waals surface area (Å²) in [5.74, 6) is -0.937. The van der Waals surface area contributed by atoms with Crippen molar-refractivity contribution >= 4 is 11.9 Å². The highest BCUT2D eigenvalue weighted by molar-refractivity contribution is 5.78. The lowest BCUT2D eigenvalue weighted by Crippen LogP contribution is -2.42. The summed E-state index contributed by atoms with van der Waals surface area (Å²) in [6.45, 7) is 6.26. The van der Waals surface area contributed by atoms with E-state index in [0.29, 0.717) is 6.61 Å². The third kappa shape index (κ3) is 5.49. The van der Waals surface area contributed by atoms with Gasteiger partial charge in [0, 0.05) is 19.1 Å². The molecule has 0 spiro atoms. The first-order valence-corrected chi connectivity index (χ1v) is 6.41. The highest BCUT2D eigenvalue weighted by Crippen LogP contribution is 2.25. The van der Waals surface area contributed by atoms with Crippen LogP contribution in [-0.2, 0) is 14.3 Å². The van der Waals surface area contributed by atoms with Crippen LogP contribution >= 0.6 is 0 Å². The van der Waals surface area contributed by atoms with Gasteiger partial charge in [-0.1, -0.05) is 13.8 Å². The van der Waals surface area contributed by atoms with Crippen LogP contribution in [0, 0.1) is 5.41 Å². The fourth-order valence-corrected chi connectivity index (χ4v) is 2.31. The highest BCUT2D eigenvalue weighted by Gasteiger charge is 2.27. The van der Waals surface area contributed by atoms with Crippen LogP contribution < -0.4 is 5.32 Å². The fourth-order valence-electron chi connectivity index (χ4n) is 2.31. The van der Waals surface area contributed by atoms with Crippen molar-refractivity contribution in [3.8, 4) is 0 Å². The summed E-state index contributed by atoms with van der Waals surface area (Å²) in [6.07, 6.45) is 2.08. The minimum absolute atomic E-state index is 0.00456. The third-order valence-electron chi connectivity index (χ3n) is 3.12. The van der Waals surface area contributed by atoms with Gasteiger partial charge in [-0.25, -0.2) is 0 Å². The Morgan fingerprint density at radius 3 is 2.61 bits per heavy atom. The number of carbonyl (C=O) groups is 2. The molecule has 104 valence electrons. The van der Waals surface area contributed by atoms with Crippen LogP contribution in [0.25, 0.3) is 0 Å². The van der Waals surface area contributed by atoms with E-state index >= 15 is 0 Å². The maximum atomic E-state index is 11.9. The summed E-state index contributed by atoms with van der Waals surface area (Å²) in [5.41, 5.74) is -0.507. The van der Waals surface area contributed by atoms with Crippen LogP contribution in [0.15, 0.2) is 0 Å². The van der Waals surface area contributed by atoms with Gasteiger partial charge in [-0.05, 0) is 25.2 Å². The van der Waals surface area contributed by atoms with Crippen LogP contribution in [0.2, 0.25) is 0 Å². The molecule has 0 aromatic heterocycles. The van der Waals surface area contributed by atoms with Gasteiger partial charge in [-0.15, -0.1) is 0 Å². The lowest BCUT2D eigenvalue weighted by atomic mass is 9.85. The number of aliphatic carboxylic acids is 1. The van der Waals surface area contributed by atoms with Gasteiger partial charge in [0.05, 0.1) is 12.5 Å². The second-order valence-electron chi connectivity index (χ2n) is 5.88. The second-order valence-corrected chi connectivity index (χ2v) is 5.88. The van der Waals surface area contributed by atoms with Gasteiger partial charge in [-0.3, -0.25) is 9.59 Å². The number of carboxylic acid groups (broad SMARTS) is 1. The van der Waals surface area contributed by atoms with E-state index in [1.54, 1.807) is 13.8 Å². The molecule has 0 saturated carbocycles. The zero-order valence-corrected chi connectivity index (χ0v) is 11.4. The lowest BCUT2D eigenvalue weighted by Gasteiger charge is -2.29. The smallest absolute Gasteiger partial charge is 0.303 e. The van der Waals surface area contributed by atoms with Gasteiger partial charge in [-0.2, -0.15) is 0 Å². The molecule has 5 nitrogen and oxygen atoms in total. The van der Waals surface area contributed by atoms with E-state index in [-0.39, 0.29) is 30.9 Å². The third-order valence-corrected chi connectivity index (χ3v) is 3.12. The van der Waals surface area contributed by atoms with Crippen molar-refractivity contribution in [2.45, 2.75) is 58.6 Å². The maximum Gasteiger partial charge on any atom is 0.303 e. The lowest BCUT2D eigenvalue weighted by molar-refractivity contribution is -0.139. The van der Waals surface area contributed by atoms with Gasteiger partial charge in [0.25, 0.3) is 0 Å². The van der Waals surface area contributed by atoms with Crippen molar-refractivity contribution in [3.63, 3.8) is 0 Å². The quantitative estimate of drug-likeness (QED) is 0.783. The van der Waals surface area contributed by atoms with E-state index in [1.807, 2.05) is 6.92 Å². The molecule has 5 heteroatoms. The van der Waals surface area contributed by atoms with Gasteiger partial charge < -0.3 is 15.2 Å². The molecule has 1 rings (SSSR count). The van der Waals surface area contributed by atoms with Crippen LogP contribution in [0.1, 0.15) is 46.5 Å². The van der Waals surface area contributed by atoms with E-state index in [4.69, 9.17) is 9.84 Å². The summed E-state index contributed by atoms with van der Waals surface area (Å²) in [4.78, 5) is 22.6. The molecule has 0 aliphatic carbocycles. The molecule has 2 unspecified atom stereocenters. The molecule has 0 aromatic rings. The minimum atomic E-state index is -0.868. The first-order valence-electron chi connectivity index (χ1n) is 6.41. The van der Waals surface area contributed by atoms with E-state index in [2.05, 4.69) is 5.32 Å². The average Bonchev–Trinajstić information content (AvgIpc) is 2.13. The zero-order chi connectivity index (χ0) is 13.8. The number of carbonyl (C=O) groups excluding carboxylic acids is 1. The number of carboxylic acids is 1. The molecule has 18 heavy (non-hydrogen) atoms. The summed E-state index contributed by atoms with van der Waals surface area (Å²) >= 11 is 0. The Bertz CT molecular complexity index is 314. The number of ether oxygens (including phenoxy) is 1. The summed E-state index contributed by atoms with van der Waals surface area (Å²) in [5, 5.41) is 11.7. The van der Waals surface area contributed by atoms with Gasteiger partial charge in [0.1, 0.15) is 0 Å². The number of rotatable bonds is 5. The number of hydrogen-bond donors (Lipinski definition) is 2. The fraction of sp³-hybridized carbons (Fsp3) is 0.846.